The highest BCUT2D eigenvalue weighted by molar-refractivity contribution is 7.10. The van der Waals surface area contributed by atoms with Gasteiger partial charge in [0.15, 0.2) is 5.96 Å². The van der Waals surface area contributed by atoms with E-state index in [9.17, 15) is 0 Å². The predicted octanol–water partition coefficient (Wildman–Crippen LogP) is 3.84. The summed E-state index contributed by atoms with van der Waals surface area (Å²) in [5.74, 6) is 0.882. The number of nitrogens with zero attached hydrogens (tertiary/aromatic N) is 2. The van der Waals surface area contributed by atoms with Gasteiger partial charge in [-0.1, -0.05) is 26.8 Å². The number of thiazole rings is 1. The topological polar surface area (TPSA) is 49.3 Å². The van der Waals surface area contributed by atoms with Crippen LogP contribution in [-0.2, 0) is 18.3 Å². The first-order chi connectivity index (χ1) is 11.5. The van der Waals surface area contributed by atoms with Crippen LogP contribution in [0.25, 0.3) is 0 Å². The number of hydrogen-bond acceptors (Lipinski definition) is 4. The van der Waals surface area contributed by atoms with E-state index in [-0.39, 0.29) is 5.41 Å². The van der Waals surface area contributed by atoms with Crippen LogP contribution in [0.3, 0.4) is 0 Å². The Morgan fingerprint density at radius 3 is 2.71 bits per heavy atom. The summed E-state index contributed by atoms with van der Waals surface area (Å²) in [4.78, 5) is 10.8. The molecule has 2 heterocycles. The molecule has 4 nitrogen and oxygen atoms in total. The van der Waals surface area contributed by atoms with Crippen molar-refractivity contribution in [3.8, 4) is 0 Å². The average molecular weight is 365 g/mol. The third-order valence-corrected chi connectivity index (χ3v) is 6.02. The van der Waals surface area contributed by atoms with E-state index in [1.165, 1.54) is 15.6 Å². The Morgan fingerprint density at radius 2 is 2.08 bits per heavy atom. The normalized spacial score (nSPS) is 12.4. The summed E-state index contributed by atoms with van der Waals surface area (Å²) < 4.78 is 0. The molecule has 0 radical (unpaired) electrons. The molecule has 0 saturated heterocycles. The maximum absolute atomic E-state index is 4.78. The number of aliphatic imine (C=N–C) groups is 1. The van der Waals surface area contributed by atoms with E-state index in [0.29, 0.717) is 0 Å². The van der Waals surface area contributed by atoms with Crippen LogP contribution in [-0.4, -0.2) is 30.6 Å². The number of aryl methyl sites for hydroxylation is 1. The lowest BCUT2D eigenvalue weighted by Gasteiger charge is -2.21. The molecule has 132 valence electrons. The van der Waals surface area contributed by atoms with Crippen molar-refractivity contribution >= 4 is 28.6 Å². The van der Waals surface area contributed by atoms with Gasteiger partial charge in [0.05, 0.1) is 17.2 Å². The van der Waals surface area contributed by atoms with Crippen molar-refractivity contribution in [1.29, 1.82) is 0 Å². The van der Waals surface area contributed by atoms with E-state index >= 15 is 0 Å². The molecular formula is C18H28N4S2. The van der Waals surface area contributed by atoms with Crippen molar-refractivity contribution < 1.29 is 0 Å². The van der Waals surface area contributed by atoms with Gasteiger partial charge in [0, 0.05) is 35.2 Å². The zero-order chi connectivity index (χ0) is 17.4. The maximum Gasteiger partial charge on any atom is 0.191 e. The van der Waals surface area contributed by atoms with Crippen molar-refractivity contribution in [3.63, 3.8) is 0 Å². The first kappa shape index (κ1) is 18.9. The molecule has 2 N–H and O–H groups in total. The maximum atomic E-state index is 4.78. The third kappa shape index (κ3) is 5.60. The monoisotopic (exact) mass is 364 g/mol. The van der Waals surface area contributed by atoms with Crippen LogP contribution >= 0.6 is 22.7 Å². The Hall–Kier alpha value is -1.40. The van der Waals surface area contributed by atoms with Crippen molar-refractivity contribution in [2.24, 2.45) is 4.99 Å². The second kappa shape index (κ2) is 9.18. The standard InChI is InChI=1S/C18H28N4S2/c1-5-16-22-14(12-24-16)9-10-20-17(19-6-2)21-13-18(3,4)15-8-7-11-23-15/h7-8,11-12H,5-6,9-10,13H2,1-4H3,(H2,19,20,21). The van der Waals surface area contributed by atoms with Crippen molar-refractivity contribution in [2.45, 2.75) is 46.0 Å². The van der Waals surface area contributed by atoms with Gasteiger partial charge < -0.3 is 10.6 Å². The lowest BCUT2D eigenvalue weighted by Crippen LogP contribution is -2.39. The van der Waals surface area contributed by atoms with Crippen LogP contribution in [0.4, 0.5) is 0 Å². The zero-order valence-electron chi connectivity index (χ0n) is 15.1. The highest BCUT2D eigenvalue weighted by atomic mass is 32.1. The molecule has 0 aliphatic heterocycles. The summed E-state index contributed by atoms with van der Waals surface area (Å²) in [6, 6.07) is 4.29. The second-order valence-electron chi connectivity index (χ2n) is 6.32. The average Bonchev–Trinajstić information content (AvgIpc) is 3.24. The molecular weight excluding hydrogens is 336 g/mol. The van der Waals surface area contributed by atoms with Gasteiger partial charge in [0.2, 0.25) is 0 Å². The smallest absolute Gasteiger partial charge is 0.191 e. The van der Waals surface area contributed by atoms with Gasteiger partial charge >= 0.3 is 0 Å². The van der Waals surface area contributed by atoms with Gasteiger partial charge in [-0.05, 0) is 24.8 Å². The van der Waals surface area contributed by atoms with Gasteiger partial charge in [0.1, 0.15) is 0 Å². The first-order valence-corrected chi connectivity index (χ1v) is 10.3. The number of aromatic nitrogens is 1. The minimum atomic E-state index is 0.0570. The minimum Gasteiger partial charge on any atom is -0.357 e. The molecule has 0 saturated carbocycles. The molecule has 0 unspecified atom stereocenters. The molecule has 0 amide bonds. The lowest BCUT2D eigenvalue weighted by atomic mass is 9.92. The molecule has 2 aromatic heterocycles. The molecule has 24 heavy (non-hydrogen) atoms. The van der Waals surface area contributed by atoms with Gasteiger partial charge in [-0.15, -0.1) is 22.7 Å². The largest absolute Gasteiger partial charge is 0.357 e. The van der Waals surface area contributed by atoms with Crippen molar-refractivity contribution in [3.05, 3.63) is 38.5 Å². The van der Waals surface area contributed by atoms with Gasteiger partial charge in [-0.25, -0.2) is 4.98 Å². The van der Waals surface area contributed by atoms with Gasteiger partial charge in [-0.2, -0.15) is 0 Å². The quantitative estimate of drug-likeness (QED) is 0.553. The van der Waals surface area contributed by atoms with E-state index in [1.54, 1.807) is 22.7 Å². The van der Waals surface area contributed by atoms with Crippen LogP contribution in [0.2, 0.25) is 0 Å². The van der Waals surface area contributed by atoms with Gasteiger partial charge in [-0.3, -0.25) is 4.99 Å². The Bertz CT molecular complexity index is 629. The molecule has 0 aromatic carbocycles. The number of guanidine groups is 1. The van der Waals surface area contributed by atoms with Crippen molar-refractivity contribution in [1.82, 2.24) is 15.6 Å². The number of rotatable bonds is 8. The molecule has 2 rings (SSSR count). The summed E-state index contributed by atoms with van der Waals surface area (Å²) in [6.07, 6.45) is 1.94. The Morgan fingerprint density at radius 1 is 1.25 bits per heavy atom. The summed E-state index contributed by atoms with van der Waals surface area (Å²) in [6.45, 7) is 11.2. The second-order valence-corrected chi connectivity index (χ2v) is 8.21. The fourth-order valence-electron chi connectivity index (χ4n) is 2.30. The highest BCUT2D eigenvalue weighted by Gasteiger charge is 2.21. The molecule has 0 aliphatic rings. The first-order valence-electron chi connectivity index (χ1n) is 8.54. The van der Waals surface area contributed by atoms with Crippen LogP contribution in [0, 0.1) is 0 Å². The SMILES string of the molecule is CCNC(=NCC(C)(C)c1cccs1)NCCc1csc(CC)n1. The Kier molecular flexibility index (Phi) is 7.24. The van der Waals surface area contributed by atoms with E-state index < -0.39 is 0 Å². The minimum absolute atomic E-state index is 0.0570. The van der Waals surface area contributed by atoms with E-state index in [2.05, 4.69) is 66.2 Å². The molecule has 0 bridgehead atoms. The van der Waals surface area contributed by atoms with E-state index in [1.807, 2.05) is 0 Å². The third-order valence-electron chi connectivity index (χ3n) is 3.74. The van der Waals surface area contributed by atoms with E-state index in [0.717, 1.165) is 38.4 Å². The Balaban J connectivity index is 1.88. The zero-order valence-corrected chi connectivity index (χ0v) is 16.7. The molecule has 0 fully saturated rings. The van der Waals surface area contributed by atoms with Crippen molar-refractivity contribution in [2.75, 3.05) is 19.6 Å². The number of thiophene rings is 1. The van der Waals surface area contributed by atoms with E-state index in [4.69, 9.17) is 4.99 Å². The summed E-state index contributed by atoms with van der Waals surface area (Å²) >= 11 is 3.54. The fraction of sp³-hybridized carbons (Fsp3) is 0.556. The van der Waals surface area contributed by atoms with Crippen LogP contribution in [0.15, 0.2) is 27.9 Å². The summed E-state index contributed by atoms with van der Waals surface area (Å²) in [5, 5.41) is 12.2. The van der Waals surface area contributed by atoms with Crippen LogP contribution in [0.5, 0.6) is 0 Å². The van der Waals surface area contributed by atoms with Crippen LogP contribution < -0.4 is 10.6 Å². The summed E-state index contributed by atoms with van der Waals surface area (Å²) in [7, 11) is 0. The molecule has 0 spiro atoms. The lowest BCUT2D eigenvalue weighted by molar-refractivity contribution is 0.548. The number of hydrogen-bond donors (Lipinski definition) is 2. The van der Waals surface area contributed by atoms with Gasteiger partial charge in [0.25, 0.3) is 0 Å². The molecule has 0 aliphatic carbocycles. The molecule has 6 heteroatoms. The molecule has 2 aromatic rings. The highest BCUT2D eigenvalue weighted by Crippen LogP contribution is 2.27. The predicted molar refractivity (Wildman–Crippen MR) is 107 cm³/mol. The fourth-order valence-corrected chi connectivity index (χ4v) is 3.92. The Labute approximate surface area is 153 Å². The van der Waals surface area contributed by atoms with Crippen LogP contribution in [0.1, 0.15) is 43.3 Å². The number of nitrogens with one attached hydrogen (secondary N) is 2. The summed E-state index contributed by atoms with van der Waals surface area (Å²) in [5.41, 5.74) is 1.22. The molecule has 0 atom stereocenters.